The number of aryl methyl sites for hydroxylation is 1. The van der Waals surface area contributed by atoms with E-state index in [1.165, 1.54) is 0 Å². The Morgan fingerprint density at radius 2 is 2.22 bits per heavy atom. The lowest BCUT2D eigenvalue weighted by Gasteiger charge is -2.16. The van der Waals surface area contributed by atoms with Crippen molar-refractivity contribution in [1.82, 2.24) is 0 Å². The summed E-state index contributed by atoms with van der Waals surface area (Å²) in [7, 11) is 1.57. The average molecular weight is 269 g/mol. The number of carbonyl (C=O) groups is 1. The molecule has 0 bridgehead atoms. The SMILES string of the molecule is COc1c(C)cc(Cl)cc1NC(=O)C1(CN)CC1. The highest BCUT2D eigenvalue weighted by Crippen LogP contribution is 2.46. The number of ether oxygens (including phenoxy) is 1. The monoisotopic (exact) mass is 268 g/mol. The molecule has 1 amide bonds. The Bertz CT molecular complexity index is 484. The molecule has 1 aromatic carbocycles. The molecule has 1 aliphatic rings. The van der Waals surface area contributed by atoms with Gasteiger partial charge >= 0.3 is 0 Å². The van der Waals surface area contributed by atoms with Crippen molar-refractivity contribution in [3.63, 3.8) is 0 Å². The Kier molecular flexibility index (Phi) is 3.50. The van der Waals surface area contributed by atoms with Gasteiger partial charge in [0.2, 0.25) is 5.91 Å². The van der Waals surface area contributed by atoms with E-state index < -0.39 is 0 Å². The molecule has 0 heterocycles. The van der Waals surface area contributed by atoms with Crippen LogP contribution in [0.1, 0.15) is 18.4 Å². The van der Waals surface area contributed by atoms with Gasteiger partial charge in [-0.1, -0.05) is 11.6 Å². The summed E-state index contributed by atoms with van der Waals surface area (Å²) in [5, 5.41) is 3.44. The number of hydrogen-bond acceptors (Lipinski definition) is 3. The van der Waals surface area contributed by atoms with Crippen molar-refractivity contribution in [3.8, 4) is 5.75 Å². The predicted octanol–water partition coefficient (Wildman–Crippen LogP) is 2.33. The Morgan fingerprint density at radius 3 is 2.72 bits per heavy atom. The van der Waals surface area contributed by atoms with Crippen molar-refractivity contribution in [3.05, 3.63) is 22.7 Å². The maximum Gasteiger partial charge on any atom is 0.231 e. The number of amides is 1. The van der Waals surface area contributed by atoms with Crippen molar-refractivity contribution in [2.75, 3.05) is 19.0 Å². The molecule has 0 aromatic heterocycles. The molecular formula is C13H17ClN2O2. The van der Waals surface area contributed by atoms with Crippen LogP contribution in [0.15, 0.2) is 12.1 Å². The van der Waals surface area contributed by atoms with Crippen molar-refractivity contribution >= 4 is 23.2 Å². The average Bonchev–Trinajstić information content (AvgIpc) is 3.09. The van der Waals surface area contributed by atoms with E-state index in [4.69, 9.17) is 22.1 Å². The van der Waals surface area contributed by atoms with Crippen LogP contribution in [-0.4, -0.2) is 19.6 Å². The van der Waals surface area contributed by atoms with Crippen LogP contribution in [0.3, 0.4) is 0 Å². The molecule has 4 nitrogen and oxygen atoms in total. The largest absolute Gasteiger partial charge is 0.494 e. The van der Waals surface area contributed by atoms with Gasteiger partial charge in [-0.25, -0.2) is 0 Å². The molecular weight excluding hydrogens is 252 g/mol. The second-order valence-electron chi connectivity index (χ2n) is 4.74. The Hall–Kier alpha value is -1.26. The second kappa shape index (κ2) is 4.78. The van der Waals surface area contributed by atoms with E-state index in [9.17, 15) is 4.79 Å². The lowest BCUT2D eigenvalue weighted by molar-refractivity contribution is -0.120. The van der Waals surface area contributed by atoms with Gasteiger partial charge in [-0.3, -0.25) is 4.79 Å². The van der Waals surface area contributed by atoms with Gasteiger partial charge in [0.15, 0.2) is 0 Å². The van der Waals surface area contributed by atoms with Crippen LogP contribution in [0.25, 0.3) is 0 Å². The molecule has 3 N–H and O–H groups in total. The van der Waals surface area contributed by atoms with Gasteiger partial charge in [0.1, 0.15) is 5.75 Å². The zero-order chi connectivity index (χ0) is 13.3. The number of methoxy groups -OCH3 is 1. The van der Waals surface area contributed by atoms with E-state index in [2.05, 4.69) is 5.32 Å². The van der Waals surface area contributed by atoms with Crippen LogP contribution < -0.4 is 15.8 Å². The molecule has 0 radical (unpaired) electrons. The summed E-state index contributed by atoms with van der Waals surface area (Å²) in [6, 6.07) is 3.49. The van der Waals surface area contributed by atoms with E-state index in [1.807, 2.05) is 6.92 Å². The molecule has 0 spiro atoms. The summed E-state index contributed by atoms with van der Waals surface area (Å²) in [4.78, 5) is 12.1. The maximum atomic E-state index is 12.1. The van der Waals surface area contributed by atoms with Crippen LogP contribution in [-0.2, 0) is 4.79 Å². The maximum absolute atomic E-state index is 12.1. The fourth-order valence-corrected chi connectivity index (χ4v) is 2.30. The van der Waals surface area contributed by atoms with Crippen molar-refractivity contribution in [2.45, 2.75) is 19.8 Å². The van der Waals surface area contributed by atoms with E-state index >= 15 is 0 Å². The molecule has 1 aliphatic carbocycles. The van der Waals surface area contributed by atoms with Gasteiger partial charge in [0.05, 0.1) is 18.2 Å². The number of anilines is 1. The molecule has 1 saturated carbocycles. The first-order chi connectivity index (χ1) is 8.52. The quantitative estimate of drug-likeness (QED) is 0.881. The molecule has 1 aromatic rings. The number of hydrogen-bond donors (Lipinski definition) is 2. The van der Waals surface area contributed by atoms with Gasteiger partial charge < -0.3 is 15.8 Å². The van der Waals surface area contributed by atoms with Crippen LogP contribution in [0.2, 0.25) is 5.02 Å². The van der Waals surface area contributed by atoms with E-state index in [0.717, 1.165) is 18.4 Å². The minimum Gasteiger partial charge on any atom is -0.494 e. The third-order valence-electron chi connectivity index (χ3n) is 3.42. The number of nitrogens with two attached hydrogens (primary N) is 1. The molecule has 0 saturated heterocycles. The summed E-state index contributed by atoms with van der Waals surface area (Å²) in [5.74, 6) is 0.588. The molecule has 1 fully saturated rings. The van der Waals surface area contributed by atoms with E-state index in [-0.39, 0.29) is 11.3 Å². The zero-order valence-electron chi connectivity index (χ0n) is 10.5. The number of nitrogens with one attached hydrogen (secondary N) is 1. The highest BCUT2D eigenvalue weighted by atomic mass is 35.5. The highest BCUT2D eigenvalue weighted by Gasteiger charge is 2.48. The van der Waals surface area contributed by atoms with Gasteiger partial charge in [0, 0.05) is 11.6 Å². The smallest absolute Gasteiger partial charge is 0.231 e. The van der Waals surface area contributed by atoms with Crippen LogP contribution in [0, 0.1) is 12.3 Å². The van der Waals surface area contributed by atoms with Gasteiger partial charge in [0.25, 0.3) is 0 Å². The molecule has 18 heavy (non-hydrogen) atoms. The van der Waals surface area contributed by atoms with Gasteiger partial charge in [-0.2, -0.15) is 0 Å². The minimum atomic E-state index is -0.388. The summed E-state index contributed by atoms with van der Waals surface area (Å²) in [6.07, 6.45) is 1.69. The second-order valence-corrected chi connectivity index (χ2v) is 5.18. The first kappa shape index (κ1) is 13.2. The Morgan fingerprint density at radius 1 is 1.56 bits per heavy atom. The normalized spacial score (nSPS) is 16.2. The van der Waals surface area contributed by atoms with Gasteiger partial charge in [-0.05, 0) is 37.5 Å². The van der Waals surface area contributed by atoms with E-state index in [1.54, 1.807) is 19.2 Å². The van der Waals surface area contributed by atoms with Crippen LogP contribution in [0.5, 0.6) is 5.75 Å². The first-order valence-electron chi connectivity index (χ1n) is 5.88. The zero-order valence-corrected chi connectivity index (χ0v) is 11.3. The molecule has 0 unspecified atom stereocenters. The standard InChI is InChI=1S/C13H17ClN2O2/c1-8-5-9(14)6-10(11(8)18-2)16-12(17)13(7-15)3-4-13/h5-6H,3-4,7,15H2,1-2H3,(H,16,17). The molecule has 98 valence electrons. The van der Waals surface area contributed by atoms with E-state index in [0.29, 0.717) is 23.0 Å². The topological polar surface area (TPSA) is 64.3 Å². The lowest BCUT2D eigenvalue weighted by Crippen LogP contribution is -2.31. The van der Waals surface area contributed by atoms with Gasteiger partial charge in [-0.15, -0.1) is 0 Å². The minimum absolute atomic E-state index is 0.0510. The Labute approximate surface area is 111 Å². The predicted molar refractivity (Wildman–Crippen MR) is 72.1 cm³/mol. The summed E-state index contributed by atoms with van der Waals surface area (Å²) < 4.78 is 5.29. The fourth-order valence-electron chi connectivity index (χ4n) is 2.02. The summed E-state index contributed by atoms with van der Waals surface area (Å²) in [5.41, 5.74) is 6.74. The van der Waals surface area contributed by atoms with Crippen LogP contribution >= 0.6 is 11.6 Å². The number of halogens is 1. The summed E-state index contributed by atoms with van der Waals surface area (Å²) >= 11 is 5.99. The third-order valence-corrected chi connectivity index (χ3v) is 3.64. The number of benzene rings is 1. The summed E-state index contributed by atoms with van der Waals surface area (Å²) in [6.45, 7) is 2.26. The third kappa shape index (κ3) is 2.31. The number of rotatable bonds is 4. The molecule has 0 atom stereocenters. The van der Waals surface area contributed by atoms with Crippen molar-refractivity contribution in [1.29, 1.82) is 0 Å². The van der Waals surface area contributed by atoms with Crippen molar-refractivity contribution < 1.29 is 9.53 Å². The molecule has 5 heteroatoms. The molecule has 0 aliphatic heterocycles. The van der Waals surface area contributed by atoms with Crippen molar-refractivity contribution in [2.24, 2.45) is 11.1 Å². The van der Waals surface area contributed by atoms with Crippen LogP contribution in [0.4, 0.5) is 5.69 Å². The molecule has 2 rings (SSSR count). The Balaban J connectivity index is 2.26. The fraction of sp³-hybridized carbons (Fsp3) is 0.462. The highest BCUT2D eigenvalue weighted by molar-refractivity contribution is 6.31. The number of carbonyl (C=O) groups excluding carboxylic acids is 1. The first-order valence-corrected chi connectivity index (χ1v) is 6.26. The lowest BCUT2D eigenvalue weighted by atomic mass is 10.1.